The average molecular weight is 308 g/mol. The number of carbonyl (C=O) groups is 2. The van der Waals surface area contributed by atoms with Gasteiger partial charge >= 0.3 is 5.97 Å². The number of thioether (sulfide) groups is 1. The predicted molar refractivity (Wildman–Crippen MR) is 80.0 cm³/mol. The number of carboxylic acids is 1. The Kier molecular flexibility index (Phi) is 4.41. The van der Waals surface area contributed by atoms with Crippen molar-refractivity contribution in [3.8, 4) is 0 Å². The van der Waals surface area contributed by atoms with Crippen LogP contribution >= 0.6 is 23.1 Å². The SMILES string of the molecule is CSc1ncccc1C(=O)Nc1cc(C)c(C(=O)O)s1. The van der Waals surface area contributed by atoms with Crippen LogP contribution in [0.2, 0.25) is 0 Å². The first-order valence-electron chi connectivity index (χ1n) is 5.67. The number of aryl methyl sites for hydroxylation is 1. The van der Waals surface area contributed by atoms with Gasteiger partial charge in [0.2, 0.25) is 0 Å². The second-order valence-electron chi connectivity index (χ2n) is 3.94. The summed E-state index contributed by atoms with van der Waals surface area (Å²) in [6, 6.07) is 5.03. The third-order valence-corrected chi connectivity index (χ3v) is 4.41. The van der Waals surface area contributed by atoms with Crippen molar-refractivity contribution in [3.63, 3.8) is 0 Å². The number of nitrogens with zero attached hydrogens (tertiary/aromatic N) is 1. The lowest BCUT2D eigenvalue weighted by atomic mass is 10.2. The molecule has 0 atom stereocenters. The fraction of sp³-hybridized carbons (Fsp3) is 0.154. The first kappa shape index (κ1) is 14.5. The number of carbonyl (C=O) groups excluding carboxylic acids is 1. The van der Waals surface area contributed by atoms with Gasteiger partial charge in [0.15, 0.2) is 0 Å². The molecule has 5 nitrogen and oxygen atoms in total. The topological polar surface area (TPSA) is 79.3 Å². The monoisotopic (exact) mass is 308 g/mol. The Morgan fingerprint density at radius 3 is 2.80 bits per heavy atom. The Morgan fingerprint density at radius 1 is 1.45 bits per heavy atom. The summed E-state index contributed by atoms with van der Waals surface area (Å²) in [5.74, 6) is -1.28. The van der Waals surface area contributed by atoms with E-state index in [-0.39, 0.29) is 10.8 Å². The molecule has 0 unspecified atom stereocenters. The zero-order valence-electron chi connectivity index (χ0n) is 10.8. The zero-order chi connectivity index (χ0) is 14.7. The van der Waals surface area contributed by atoms with E-state index in [1.165, 1.54) is 11.8 Å². The van der Waals surface area contributed by atoms with Gasteiger partial charge in [0.1, 0.15) is 9.90 Å². The van der Waals surface area contributed by atoms with Crippen LogP contribution in [0.5, 0.6) is 0 Å². The molecule has 0 spiro atoms. The van der Waals surface area contributed by atoms with Gasteiger partial charge in [-0.1, -0.05) is 0 Å². The Balaban J connectivity index is 2.24. The van der Waals surface area contributed by atoms with E-state index < -0.39 is 5.97 Å². The van der Waals surface area contributed by atoms with Crippen molar-refractivity contribution in [1.82, 2.24) is 4.98 Å². The molecule has 0 aromatic carbocycles. The maximum absolute atomic E-state index is 12.2. The molecule has 0 radical (unpaired) electrons. The van der Waals surface area contributed by atoms with Crippen LogP contribution in [-0.4, -0.2) is 28.2 Å². The summed E-state index contributed by atoms with van der Waals surface area (Å²) in [6.07, 6.45) is 3.47. The molecule has 20 heavy (non-hydrogen) atoms. The number of pyridine rings is 1. The maximum atomic E-state index is 12.2. The number of rotatable bonds is 4. The summed E-state index contributed by atoms with van der Waals surface area (Å²) in [5.41, 5.74) is 1.11. The fourth-order valence-corrected chi connectivity index (χ4v) is 3.12. The second kappa shape index (κ2) is 6.06. The summed E-state index contributed by atoms with van der Waals surface area (Å²) in [6.45, 7) is 1.70. The van der Waals surface area contributed by atoms with Gasteiger partial charge in [-0.3, -0.25) is 4.79 Å². The summed E-state index contributed by atoms with van der Waals surface area (Å²) < 4.78 is 0. The van der Waals surface area contributed by atoms with E-state index in [1.807, 2.05) is 6.26 Å². The summed E-state index contributed by atoms with van der Waals surface area (Å²) >= 11 is 2.43. The van der Waals surface area contributed by atoms with Crippen molar-refractivity contribution in [2.24, 2.45) is 0 Å². The molecule has 0 saturated heterocycles. The number of carboxylic acid groups (broad SMARTS) is 1. The van der Waals surface area contributed by atoms with Gasteiger partial charge in [0.05, 0.1) is 10.6 Å². The van der Waals surface area contributed by atoms with Gasteiger partial charge in [-0.2, -0.15) is 0 Å². The second-order valence-corrected chi connectivity index (χ2v) is 5.79. The van der Waals surface area contributed by atoms with Crippen molar-refractivity contribution in [2.45, 2.75) is 11.9 Å². The van der Waals surface area contributed by atoms with E-state index in [0.29, 0.717) is 21.2 Å². The van der Waals surface area contributed by atoms with Crippen molar-refractivity contribution in [3.05, 3.63) is 40.4 Å². The Morgan fingerprint density at radius 2 is 2.20 bits per heavy atom. The number of hydrogen-bond acceptors (Lipinski definition) is 5. The van der Waals surface area contributed by atoms with E-state index in [4.69, 9.17) is 5.11 Å². The number of thiophene rings is 1. The Bertz CT molecular complexity index is 667. The van der Waals surface area contributed by atoms with Crippen LogP contribution in [0.4, 0.5) is 5.00 Å². The number of hydrogen-bond donors (Lipinski definition) is 2. The quantitative estimate of drug-likeness (QED) is 0.848. The number of nitrogens with one attached hydrogen (secondary N) is 1. The molecule has 0 aliphatic heterocycles. The highest BCUT2D eigenvalue weighted by atomic mass is 32.2. The van der Waals surface area contributed by atoms with Crippen molar-refractivity contribution < 1.29 is 14.7 Å². The molecule has 0 aliphatic carbocycles. The highest BCUT2D eigenvalue weighted by Crippen LogP contribution is 2.27. The minimum atomic E-state index is -0.987. The van der Waals surface area contributed by atoms with Gasteiger partial charge in [0, 0.05) is 6.20 Å². The lowest BCUT2D eigenvalue weighted by Gasteiger charge is -2.05. The molecule has 0 fully saturated rings. The molecule has 0 aliphatic rings. The van der Waals surface area contributed by atoms with E-state index in [0.717, 1.165) is 11.3 Å². The molecule has 2 aromatic heterocycles. The molecule has 2 aromatic rings. The molecule has 7 heteroatoms. The van der Waals surface area contributed by atoms with Crippen molar-refractivity contribution in [1.29, 1.82) is 0 Å². The first-order chi connectivity index (χ1) is 9.52. The zero-order valence-corrected chi connectivity index (χ0v) is 12.5. The van der Waals surface area contributed by atoms with E-state index in [9.17, 15) is 9.59 Å². The number of anilines is 1. The standard InChI is InChI=1S/C13H12N2O3S2/c1-7-6-9(20-10(7)13(17)18)15-11(16)8-4-3-5-14-12(8)19-2/h3-6H,1-2H3,(H,15,16)(H,17,18). The third kappa shape index (κ3) is 3.00. The molecule has 2 heterocycles. The normalized spacial score (nSPS) is 10.3. The average Bonchev–Trinajstić information content (AvgIpc) is 2.79. The largest absolute Gasteiger partial charge is 0.477 e. The lowest BCUT2D eigenvalue weighted by molar-refractivity contribution is 0.0701. The van der Waals surface area contributed by atoms with Gasteiger partial charge in [-0.15, -0.1) is 23.1 Å². The molecule has 2 rings (SSSR count). The summed E-state index contributed by atoms with van der Waals surface area (Å²) in [4.78, 5) is 27.5. The van der Waals surface area contributed by atoms with Gasteiger partial charge in [-0.05, 0) is 36.9 Å². The predicted octanol–water partition coefficient (Wildman–Crippen LogP) is 3.12. The molecule has 104 valence electrons. The molecule has 0 saturated carbocycles. The van der Waals surface area contributed by atoms with Gasteiger partial charge in [-0.25, -0.2) is 9.78 Å². The van der Waals surface area contributed by atoms with Crippen LogP contribution < -0.4 is 5.32 Å². The molecule has 2 N–H and O–H groups in total. The van der Waals surface area contributed by atoms with E-state index in [1.54, 1.807) is 31.3 Å². The van der Waals surface area contributed by atoms with E-state index in [2.05, 4.69) is 10.3 Å². The van der Waals surface area contributed by atoms with Gasteiger partial charge < -0.3 is 10.4 Å². The highest BCUT2D eigenvalue weighted by Gasteiger charge is 2.16. The molecule has 1 amide bonds. The Hall–Kier alpha value is -1.86. The van der Waals surface area contributed by atoms with Crippen LogP contribution in [0, 0.1) is 6.92 Å². The lowest BCUT2D eigenvalue weighted by Crippen LogP contribution is -2.12. The molecule has 0 bridgehead atoms. The van der Waals surface area contributed by atoms with Crippen LogP contribution in [0.25, 0.3) is 0 Å². The van der Waals surface area contributed by atoms with Gasteiger partial charge in [0.25, 0.3) is 5.91 Å². The van der Waals surface area contributed by atoms with Crippen molar-refractivity contribution >= 4 is 40.0 Å². The van der Waals surface area contributed by atoms with Crippen LogP contribution in [0.1, 0.15) is 25.6 Å². The minimum Gasteiger partial charge on any atom is -0.477 e. The maximum Gasteiger partial charge on any atom is 0.346 e. The summed E-state index contributed by atoms with van der Waals surface area (Å²) in [7, 11) is 0. The van der Waals surface area contributed by atoms with Crippen LogP contribution in [0.15, 0.2) is 29.4 Å². The van der Waals surface area contributed by atoms with Crippen LogP contribution in [0.3, 0.4) is 0 Å². The van der Waals surface area contributed by atoms with Crippen molar-refractivity contribution in [2.75, 3.05) is 11.6 Å². The first-order valence-corrected chi connectivity index (χ1v) is 7.71. The minimum absolute atomic E-state index is 0.233. The molecular weight excluding hydrogens is 296 g/mol. The number of amides is 1. The fourth-order valence-electron chi connectivity index (χ4n) is 1.66. The highest BCUT2D eigenvalue weighted by molar-refractivity contribution is 7.98. The Labute approximate surface area is 124 Å². The smallest absolute Gasteiger partial charge is 0.346 e. The summed E-state index contributed by atoms with van der Waals surface area (Å²) in [5, 5.41) is 12.9. The molecular formula is C13H12N2O3S2. The number of aromatic nitrogens is 1. The van der Waals surface area contributed by atoms with E-state index >= 15 is 0 Å². The number of aromatic carboxylic acids is 1. The van der Waals surface area contributed by atoms with Crippen LogP contribution in [-0.2, 0) is 0 Å². The third-order valence-electron chi connectivity index (χ3n) is 2.56.